The smallest absolute Gasteiger partial charge is 0.342 e. The molecule has 0 N–H and O–H groups in total. The number of cyclic esters (lactones) is 2. The summed E-state index contributed by atoms with van der Waals surface area (Å²) in [4.78, 5) is 22.2. The van der Waals surface area contributed by atoms with Crippen molar-refractivity contribution in [2.24, 2.45) is 0 Å². The van der Waals surface area contributed by atoms with Crippen LogP contribution in [0.5, 0.6) is 0 Å². The van der Waals surface area contributed by atoms with Gasteiger partial charge in [0.05, 0.1) is 12.0 Å². The van der Waals surface area contributed by atoms with E-state index in [0.717, 1.165) is 11.1 Å². The Kier molecular flexibility index (Phi) is 2.37. The quantitative estimate of drug-likeness (QED) is 0.397. The van der Waals surface area contributed by atoms with E-state index >= 15 is 0 Å². The van der Waals surface area contributed by atoms with Gasteiger partial charge in [0, 0.05) is 0 Å². The van der Waals surface area contributed by atoms with Gasteiger partial charge in [0.15, 0.2) is 0 Å². The number of benzene rings is 1. The molecule has 1 aromatic carbocycles. The molecule has 1 fully saturated rings. The van der Waals surface area contributed by atoms with Crippen LogP contribution >= 0.6 is 0 Å². The third kappa shape index (κ3) is 1.81. The predicted molar refractivity (Wildman–Crippen MR) is 54.8 cm³/mol. The van der Waals surface area contributed by atoms with Gasteiger partial charge in [0.25, 0.3) is 0 Å². The molecule has 2 rings (SSSR count). The number of rotatable bonds is 1. The molecule has 0 bridgehead atoms. The number of carbonyl (C=O) groups excluding carboxylic acids is 2. The Balaban J connectivity index is 2.42. The van der Waals surface area contributed by atoms with Crippen molar-refractivity contribution in [1.82, 2.24) is 0 Å². The van der Waals surface area contributed by atoms with E-state index in [-0.39, 0.29) is 6.42 Å². The molecule has 15 heavy (non-hydrogen) atoms. The van der Waals surface area contributed by atoms with Gasteiger partial charge in [-0.1, -0.05) is 30.3 Å². The molecule has 1 aliphatic rings. The fourth-order valence-electron chi connectivity index (χ4n) is 1.57. The summed E-state index contributed by atoms with van der Waals surface area (Å²) in [6.45, 7) is 1.82. The van der Waals surface area contributed by atoms with Gasteiger partial charge in [-0.3, -0.25) is 4.79 Å². The highest BCUT2D eigenvalue weighted by Gasteiger charge is 2.28. The van der Waals surface area contributed by atoms with Crippen LogP contribution in [-0.4, -0.2) is 11.9 Å². The molecule has 0 atom stereocenters. The van der Waals surface area contributed by atoms with Crippen LogP contribution in [0.4, 0.5) is 0 Å². The van der Waals surface area contributed by atoms with E-state index in [1.54, 1.807) is 0 Å². The lowest BCUT2D eigenvalue weighted by molar-refractivity contribution is -0.151. The molecular weight excluding hydrogens is 192 g/mol. The number of allylic oxidation sites excluding steroid dienone is 1. The maximum Gasteiger partial charge on any atom is 0.342 e. The van der Waals surface area contributed by atoms with Gasteiger partial charge in [0.1, 0.15) is 0 Å². The van der Waals surface area contributed by atoms with Gasteiger partial charge < -0.3 is 4.74 Å². The maximum absolute atomic E-state index is 11.3. The molecule has 1 saturated heterocycles. The summed E-state index contributed by atoms with van der Waals surface area (Å²) in [5.41, 5.74) is 2.22. The largest absolute Gasteiger partial charge is 0.389 e. The highest BCUT2D eigenvalue weighted by Crippen LogP contribution is 2.25. The van der Waals surface area contributed by atoms with Crippen molar-refractivity contribution in [2.75, 3.05) is 0 Å². The molecule has 3 nitrogen and oxygen atoms in total. The van der Waals surface area contributed by atoms with E-state index in [0.29, 0.717) is 5.57 Å². The van der Waals surface area contributed by atoms with Crippen molar-refractivity contribution in [1.29, 1.82) is 0 Å². The Morgan fingerprint density at radius 1 is 1.20 bits per heavy atom. The molecule has 1 aromatic rings. The summed E-state index contributed by atoms with van der Waals surface area (Å²) < 4.78 is 4.48. The van der Waals surface area contributed by atoms with Gasteiger partial charge in [-0.25, -0.2) is 4.79 Å². The molecule has 0 aromatic heterocycles. The first-order valence-electron chi connectivity index (χ1n) is 4.68. The highest BCUT2D eigenvalue weighted by molar-refractivity contribution is 6.10. The second kappa shape index (κ2) is 3.69. The van der Waals surface area contributed by atoms with Crippen molar-refractivity contribution in [3.05, 3.63) is 41.5 Å². The van der Waals surface area contributed by atoms with E-state index in [2.05, 4.69) is 4.74 Å². The van der Waals surface area contributed by atoms with Crippen LogP contribution in [0.15, 0.2) is 35.9 Å². The minimum absolute atomic E-state index is 0.0829. The molecule has 0 amide bonds. The lowest BCUT2D eigenvalue weighted by Gasteiger charge is -2.02. The van der Waals surface area contributed by atoms with Crippen LogP contribution in [0.1, 0.15) is 18.9 Å². The van der Waals surface area contributed by atoms with Gasteiger partial charge in [-0.15, -0.1) is 0 Å². The zero-order valence-corrected chi connectivity index (χ0v) is 8.32. The van der Waals surface area contributed by atoms with E-state index in [9.17, 15) is 9.59 Å². The molecule has 1 aliphatic heterocycles. The van der Waals surface area contributed by atoms with Gasteiger partial charge in [-0.05, 0) is 18.1 Å². The summed E-state index contributed by atoms with van der Waals surface area (Å²) in [6, 6.07) is 9.49. The number of carbonyl (C=O) groups is 2. The summed E-state index contributed by atoms with van der Waals surface area (Å²) in [5.74, 6) is -0.980. The van der Waals surface area contributed by atoms with Crippen LogP contribution in [-0.2, 0) is 14.3 Å². The van der Waals surface area contributed by atoms with Crippen molar-refractivity contribution in [3.8, 4) is 0 Å². The maximum atomic E-state index is 11.3. The third-order valence-electron chi connectivity index (χ3n) is 2.43. The predicted octanol–water partition coefficient (Wildman–Crippen LogP) is 1.93. The monoisotopic (exact) mass is 202 g/mol. The first kappa shape index (κ1) is 9.65. The Morgan fingerprint density at radius 3 is 2.40 bits per heavy atom. The standard InChI is InChI=1S/C12H10O3/c1-8(9-5-3-2-4-6-9)10-7-11(13)15-12(10)14/h2-6H,7H2,1H3/b10-8+. The summed E-state index contributed by atoms with van der Waals surface area (Å²) in [5, 5.41) is 0. The zero-order chi connectivity index (χ0) is 10.8. The Morgan fingerprint density at radius 2 is 1.87 bits per heavy atom. The third-order valence-corrected chi connectivity index (χ3v) is 2.43. The summed E-state index contributed by atoms with van der Waals surface area (Å²) in [7, 11) is 0. The van der Waals surface area contributed by atoms with Crippen LogP contribution in [0.25, 0.3) is 5.57 Å². The van der Waals surface area contributed by atoms with Crippen LogP contribution in [0.3, 0.4) is 0 Å². The van der Waals surface area contributed by atoms with Crippen LogP contribution in [0, 0.1) is 0 Å². The molecule has 0 radical (unpaired) electrons. The van der Waals surface area contributed by atoms with Gasteiger partial charge in [-0.2, -0.15) is 0 Å². The second-order valence-electron chi connectivity index (χ2n) is 3.41. The molecule has 0 saturated carbocycles. The average Bonchev–Trinajstić information content (AvgIpc) is 2.58. The summed E-state index contributed by atoms with van der Waals surface area (Å²) >= 11 is 0. The summed E-state index contributed by atoms with van der Waals surface area (Å²) in [6.07, 6.45) is 0.0829. The first-order valence-corrected chi connectivity index (χ1v) is 4.68. The van der Waals surface area contributed by atoms with E-state index in [1.807, 2.05) is 37.3 Å². The van der Waals surface area contributed by atoms with Crippen LogP contribution < -0.4 is 0 Å². The SMILES string of the molecule is C/C(=C1/CC(=O)OC1=O)c1ccccc1. The fraction of sp³-hybridized carbons (Fsp3) is 0.167. The number of ether oxygens (including phenoxy) is 1. The first-order chi connectivity index (χ1) is 7.18. The number of esters is 2. The average molecular weight is 202 g/mol. The topological polar surface area (TPSA) is 43.4 Å². The van der Waals surface area contributed by atoms with Crippen molar-refractivity contribution >= 4 is 17.5 Å². The number of hydrogen-bond acceptors (Lipinski definition) is 3. The molecule has 0 spiro atoms. The van der Waals surface area contributed by atoms with Crippen molar-refractivity contribution < 1.29 is 14.3 Å². The fourth-order valence-corrected chi connectivity index (χ4v) is 1.57. The molecular formula is C12H10O3. The number of hydrogen-bond donors (Lipinski definition) is 0. The van der Waals surface area contributed by atoms with E-state index in [1.165, 1.54) is 0 Å². The molecule has 0 aliphatic carbocycles. The second-order valence-corrected chi connectivity index (χ2v) is 3.41. The lowest BCUT2D eigenvalue weighted by atomic mass is 10.0. The minimum atomic E-state index is -0.513. The minimum Gasteiger partial charge on any atom is -0.389 e. The molecule has 3 heteroatoms. The van der Waals surface area contributed by atoms with Gasteiger partial charge in [0.2, 0.25) is 0 Å². The highest BCUT2D eigenvalue weighted by atomic mass is 16.6. The van der Waals surface area contributed by atoms with E-state index < -0.39 is 11.9 Å². The Labute approximate surface area is 87.4 Å². The Bertz CT molecular complexity index is 443. The van der Waals surface area contributed by atoms with Crippen molar-refractivity contribution in [2.45, 2.75) is 13.3 Å². The lowest BCUT2D eigenvalue weighted by Crippen LogP contribution is -1.98. The van der Waals surface area contributed by atoms with Crippen molar-refractivity contribution in [3.63, 3.8) is 0 Å². The Hall–Kier alpha value is -1.90. The van der Waals surface area contributed by atoms with Crippen LogP contribution in [0.2, 0.25) is 0 Å². The van der Waals surface area contributed by atoms with E-state index in [4.69, 9.17) is 0 Å². The molecule has 76 valence electrons. The molecule has 1 heterocycles. The zero-order valence-electron chi connectivity index (χ0n) is 8.32. The van der Waals surface area contributed by atoms with Gasteiger partial charge >= 0.3 is 11.9 Å². The normalized spacial score (nSPS) is 19.0. The molecule has 0 unspecified atom stereocenters.